The van der Waals surface area contributed by atoms with Crippen LogP contribution in [0.15, 0.2) is 45.6 Å². The molecule has 25 heavy (non-hydrogen) atoms. The SMILES string of the molecule is Cc1c(C(=O)N(Cc2ccsc2)C2CC2)nnn1-c1cccc(Br)c1. The number of carbonyl (C=O) groups excluding carboxylic acids is 1. The highest BCUT2D eigenvalue weighted by Gasteiger charge is 2.35. The lowest BCUT2D eigenvalue weighted by atomic mass is 10.2. The number of halogens is 1. The summed E-state index contributed by atoms with van der Waals surface area (Å²) in [7, 11) is 0. The molecule has 2 heterocycles. The van der Waals surface area contributed by atoms with Crippen molar-refractivity contribution in [1.29, 1.82) is 0 Å². The number of benzene rings is 1. The van der Waals surface area contributed by atoms with E-state index in [1.54, 1.807) is 16.0 Å². The Bertz CT molecular complexity index is 902. The fraction of sp³-hybridized carbons (Fsp3) is 0.278. The lowest BCUT2D eigenvalue weighted by Crippen LogP contribution is -2.33. The molecule has 3 aromatic rings. The van der Waals surface area contributed by atoms with Crippen LogP contribution in [0.1, 0.15) is 34.6 Å². The fourth-order valence-electron chi connectivity index (χ4n) is 2.85. The van der Waals surface area contributed by atoms with Gasteiger partial charge in [-0.15, -0.1) is 5.10 Å². The van der Waals surface area contributed by atoms with E-state index in [-0.39, 0.29) is 5.91 Å². The van der Waals surface area contributed by atoms with Crippen molar-refractivity contribution in [2.24, 2.45) is 0 Å². The van der Waals surface area contributed by atoms with E-state index < -0.39 is 0 Å². The summed E-state index contributed by atoms with van der Waals surface area (Å²) in [5.41, 5.74) is 3.25. The highest BCUT2D eigenvalue weighted by molar-refractivity contribution is 9.10. The average molecular weight is 417 g/mol. The molecule has 1 aliphatic rings. The number of carbonyl (C=O) groups is 1. The van der Waals surface area contributed by atoms with Crippen molar-refractivity contribution in [3.63, 3.8) is 0 Å². The minimum absolute atomic E-state index is 0.0348. The van der Waals surface area contributed by atoms with Crippen molar-refractivity contribution in [2.45, 2.75) is 32.4 Å². The Balaban J connectivity index is 1.63. The van der Waals surface area contributed by atoms with Gasteiger partial charge in [-0.3, -0.25) is 4.79 Å². The van der Waals surface area contributed by atoms with Crippen LogP contribution >= 0.6 is 27.3 Å². The number of hydrogen-bond acceptors (Lipinski definition) is 4. The van der Waals surface area contributed by atoms with Crippen LogP contribution in [0.2, 0.25) is 0 Å². The maximum atomic E-state index is 13.1. The highest BCUT2D eigenvalue weighted by Crippen LogP contribution is 2.30. The number of aromatic nitrogens is 3. The topological polar surface area (TPSA) is 51.0 Å². The van der Waals surface area contributed by atoms with E-state index in [1.165, 1.54) is 5.56 Å². The molecule has 1 aromatic carbocycles. The molecule has 0 radical (unpaired) electrons. The van der Waals surface area contributed by atoms with Gasteiger partial charge in [-0.1, -0.05) is 27.2 Å². The Kier molecular flexibility index (Phi) is 4.43. The lowest BCUT2D eigenvalue weighted by molar-refractivity contribution is 0.0723. The van der Waals surface area contributed by atoms with Crippen LogP contribution in [0.4, 0.5) is 0 Å². The van der Waals surface area contributed by atoms with Crippen LogP contribution in [0.25, 0.3) is 5.69 Å². The molecule has 0 spiro atoms. The van der Waals surface area contributed by atoms with Gasteiger partial charge in [-0.25, -0.2) is 4.68 Å². The molecule has 128 valence electrons. The summed E-state index contributed by atoms with van der Waals surface area (Å²) in [6.07, 6.45) is 2.13. The van der Waals surface area contributed by atoms with Crippen molar-refractivity contribution in [1.82, 2.24) is 19.9 Å². The molecule has 0 saturated heterocycles. The predicted octanol–water partition coefficient (Wildman–Crippen LogP) is 4.20. The second-order valence-electron chi connectivity index (χ2n) is 6.21. The molecule has 1 amide bonds. The molecule has 1 fully saturated rings. The quantitative estimate of drug-likeness (QED) is 0.625. The Labute approximate surface area is 158 Å². The van der Waals surface area contributed by atoms with Crippen LogP contribution in [-0.2, 0) is 6.54 Å². The first-order valence-corrected chi connectivity index (χ1v) is 9.87. The minimum atomic E-state index is -0.0348. The third-order valence-corrected chi connectivity index (χ3v) is 5.56. The van der Waals surface area contributed by atoms with Crippen molar-refractivity contribution in [3.8, 4) is 5.69 Å². The molecule has 4 rings (SSSR count). The number of hydrogen-bond donors (Lipinski definition) is 0. The molecule has 0 bridgehead atoms. The third-order valence-electron chi connectivity index (χ3n) is 4.33. The van der Waals surface area contributed by atoms with E-state index in [0.29, 0.717) is 18.3 Å². The maximum absolute atomic E-state index is 13.1. The van der Waals surface area contributed by atoms with E-state index in [2.05, 4.69) is 37.7 Å². The van der Waals surface area contributed by atoms with Gasteiger partial charge in [0.15, 0.2) is 5.69 Å². The van der Waals surface area contributed by atoms with Crippen molar-refractivity contribution in [3.05, 3.63) is 62.5 Å². The molecule has 1 saturated carbocycles. The van der Waals surface area contributed by atoms with Crippen molar-refractivity contribution in [2.75, 3.05) is 0 Å². The summed E-state index contributed by atoms with van der Waals surface area (Å²) in [5.74, 6) is -0.0348. The summed E-state index contributed by atoms with van der Waals surface area (Å²) in [6.45, 7) is 2.53. The van der Waals surface area contributed by atoms with Gasteiger partial charge in [0, 0.05) is 17.1 Å². The highest BCUT2D eigenvalue weighted by atomic mass is 79.9. The first-order chi connectivity index (χ1) is 12.1. The van der Waals surface area contributed by atoms with E-state index in [1.807, 2.05) is 41.5 Å². The summed E-state index contributed by atoms with van der Waals surface area (Å²) in [6, 6.07) is 10.2. The average Bonchev–Trinajstić information content (AvgIpc) is 3.16. The van der Waals surface area contributed by atoms with Crippen LogP contribution < -0.4 is 0 Å². The Morgan fingerprint density at radius 1 is 1.40 bits per heavy atom. The van der Waals surface area contributed by atoms with E-state index in [9.17, 15) is 4.79 Å². The van der Waals surface area contributed by atoms with Gasteiger partial charge in [-0.2, -0.15) is 11.3 Å². The standard InChI is InChI=1S/C18H17BrN4OS/c1-12-17(20-21-23(12)16-4-2-3-14(19)9-16)18(24)22(15-5-6-15)10-13-7-8-25-11-13/h2-4,7-9,11,15H,5-6,10H2,1H3. The zero-order valence-electron chi connectivity index (χ0n) is 13.7. The predicted molar refractivity (Wildman–Crippen MR) is 101 cm³/mol. The largest absolute Gasteiger partial charge is 0.330 e. The van der Waals surface area contributed by atoms with E-state index in [0.717, 1.165) is 28.7 Å². The molecule has 0 atom stereocenters. The second kappa shape index (κ2) is 6.72. The molecule has 5 nitrogen and oxygen atoms in total. The number of rotatable bonds is 5. The van der Waals surface area contributed by atoms with Gasteiger partial charge in [0.25, 0.3) is 5.91 Å². The molecular formula is C18H17BrN4OS. The molecule has 1 aliphatic carbocycles. The van der Waals surface area contributed by atoms with Crippen LogP contribution in [0, 0.1) is 6.92 Å². The monoisotopic (exact) mass is 416 g/mol. The van der Waals surface area contributed by atoms with Crippen molar-refractivity contribution >= 4 is 33.2 Å². The first kappa shape index (κ1) is 16.5. The Morgan fingerprint density at radius 2 is 2.24 bits per heavy atom. The lowest BCUT2D eigenvalue weighted by Gasteiger charge is -2.21. The Morgan fingerprint density at radius 3 is 2.92 bits per heavy atom. The maximum Gasteiger partial charge on any atom is 0.276 e. The molecular weight excluding hydrogens is 400 g/mol. The molecule has 7 heteroatoms. The number of amides is 1. The van der Waals surface area contributed by atoms with Crippen LogP contribution in [-0.4, -0.2) is 31.8 Å². The molecule has 0 unspecified atom stereocenters. The van der Waals surface area contributed by atoms with Gasteiger partial charge >= 0.3 is 0 Å². The minimum Gasteiger partial charge on any atom is -0.330 e. The van der Waals surface area contributed by atoms with Gasteiger partial charge in [0.1, 0.15) is 0 Å². The van der Waals surface area contributed by atoms with Gasteiger partial charge < -0.3 is 4.90 Å². The van der Waals surface area contributed by atoms with Crippen LogP contribution in [0.5, 0.6) is 0 Å². The molecule has 2 aromatic heterocycles. The smallest absolute Gasteiger partial charge is 0.276 e. The summed E-state index contributed by atoms with van der Waals surface area (Å²) < 4.78 is 2.68. The summed E-state index contributed by atoms with van der Waals surface area (Å²) in [4.78, 5) is 15.0. The van der Waals surface area contributed by atoms with Crippen LogP contribution in [0.3, 0.4) is 0 Å². The first-order valence-electron chi connectivity index (χ1n) is 8.14. The zero-order valence-corrected chi connectivity index (χ0v) is 16.1. The zero-order chi connectivity index (χ0) is 17.4. The Hall–Kier alpha value is -1.99. The molecule has 0 aliphatic heterocycles. The number of thiophene rings is 1. The van der Waals surface area contributed by atoms with Gasteiger partial charge in [0.05, 0.1) is 11.4 Å². The van der Waals surface area contributed by atoms with E-state index in [4.69, 9.17) is 0 Å². The summed E-state index contributed by atoms with van der Waals surface area (Å²) in [5, 5.41) is 12.5. The normalized spacial score (nSPS) is 13.8. The number of nitrogens with zero attached hydrogens (tertiary/aromatic N) is 4. The van der Waals surface area contributed by atoms with Gasteiger partial charge in [0.2, 0.25) is 0 Å². The fourth-order valence-corrected chi connectivity index (χ4v) is 3.90. The second-order valence-corrected chi connectivity index (χ2v) is 7.91. The summed E-state index contributed by atoms with van der Waals surface area (Å²) >= 11 is 5.12. The van der Waals surface area contributed by atoms with Crippen molar-refractivity contribution < 1.29 is 4.79 Å². The molecule has 0 N–H and O–H groups in total. The van der Waals surface area contributed by atoms with Gasteiger partial charge in [-0.05, 0) is 60.4 Å². The third kappa shape index (κ3) is 3.39. The van der Waals surface area contributed by atoms with E-state index >= 15 is 0 Å².